The van der Waals surface area contributed by atoms with E-state index < -0.39 is 4.92 Å². The molecule has 1 aliphatic heterocycles. The van der Waals surface area contributed by atoms with Crippen molar-refractivity contribution in [1.82, 2.24) is 5.48 Å². The number of hydroxylamine groups is 1. The lowest BCUT2D eigenvalue weighted by molar-refractivity contribution is -0.384. The largest absolute Gasteiger partial charge is 0.375 e. The first-order valence-electron chi connectivity index (χ1n) is 7.68. The molecule has 0 saturated heterocycles. The van der Waals surface area contributed by atoms with Crippen LogP contribution in [0.25, 0.3) is 0 Å². The number of nitro benzene ring substituents is 1. The fraction of sp³-hybridized carbons (Fsp3) is 0.222. The predicted octanol–water partition coefficient (Wildman–Crippen LogP) is 3.73. The number of benzene rings is 2. The Balaban J connectivity index is 0.00000225. The van der Waals surface area contributed by atoms with E-state index in [1.54, 1.807) is 12.1 Å². The van der Waals surface area contributed by atoms with Crippen LogP contribution in [-0.2, 0) is 16.2 Å². The van der Waals surface area contributed by atoms with Gasteiger partial charge in [-0.2, -0.15) is 5.48 Å². The zero-order valence-electron chi connectivity index (χ0n) is 13.4. The van der Waals surface area contributed by atoms with E-state index in [9.17, 15) is 10.1 Å². The second kappa shape index (κ2) is 9.29. The van der Waals surface area contributed by atoms with Crippen LogP contribution in [0.4, 0.5) is 5.69 Å². The van der Waals surface area contributed by atoms with E-state index in [1.165, 1.54) is 12.1 Å². The monoisotopic (exact) mass is 362 g/mol. The van der Waals surface area contributed by atoms with Crippen molar-refractivity contribution in [2.45, 2.75) is 18.8 Å². The van der Waals surface area contributed by atoms with Crippen LogP contribution in [0.5, 0.6) is 0 Å². The molecule has 0 amide bonds. The Labute approximate surface area is 152 Å². The third kappa shape index (κ3) is 5.37. The minimum atomic E-state index is -0.417. The second-order valence-corrected chi connectivity index (χ2v) is 5.50. The standard InChI is InChI=1S/C18H18N2O4.ClH/c21-20(22)17-9-6-15(7-10-17)18-11-8-16(19-24-18)13-23-12-14-4-2-1-3-5-14;/h1-11,16,18-19H,12-13H2;1H/t16-,18+;/m1./s1. The topological polar surface area (TPSA) is 73.6 Å². The number of hydrogen-bond acceptors (Lipinski definition) is 5. The van der Waals surface area contributed by atoms with Crippen LogP contribution in [0.1, 0.15) is 17.2 Å². The number of non-ortho nitro benzene ring substituents is 1. The van der Waals surface area contributed by atoms with Crippen molar-refractivity contribution in [2.75, 3.05) is 6.61 Å². The van der Waals surface area contributed by atoms with Crippen molar-refractivity contribution in [3.05, 3.63) is 88.0 Å². The van der Waals surface area contributed by atoms with Gasteiger partial charge in [0.15, 0.2) is 0 Å². The molecule has 1 heterocycles. The third-order valence-corrected chi connectivity index (χ3v) is 3.71. The minimum Gasteiger partial charge on any atom is -0.375 e. The first kappa shape index (κ1) is 19.1. The summed E-state index contributed by atoms with van der Waals surface area (Å²) in [5.41, 5.74) is 5.00. The molecule has 6 nitrogen and oxygen atoms in total. The van der Waals surface area contributed by atoms with Crippen molar-refractivity contribution < 1.29 is 14.5 Å². The lowest BCUT2D eigenvalue weighted by atomic mass is 10.1. The van der Waals surface area contributed by atoms with Crippen molar-refractivity contribution in [3.63, 3.8) is 0 Å². The SMILES string of the molecule is Cl.O=[N+]([O-])c1ccc([C@@H]2C=C[C@H](COCc3ccccc3)NO2)cc1. The van der Waals surface area contributed by atoms with Crippen LogP contribution in [0.3, 0.4) is 0 Å². The summed E-state index contributed by atoms with van der Waals surface area (Å²) in [5, 5.41) is 10.7. The highest BCUT2D eigenvalue weighted by atomic mass is 35.5. The summed E-state index contributed by atoms with van der Waals surface area (Å²) < 4.78 is 5.67. The molecule has 1 N–H and O–H groups in total. The van der Waals surface area contributed by atoms with E-state index in [-0.39, 0.29) is 30.2 Å². The Kier molecular flexibility index (Phi) is 7.09. The lowest BCUT2D eigenvalue weighted by Crippen LogP contribution is -2.35. The quantitative estimate of drug-likeness (QED) is 0.481. The van der Waals surface area contributed by atoms with E-state index in [2.05, 4.69) is 5.48 Å². The first-order valence-corrected chi connectivity index (χ1v) is 7.68. The number of nitrogens with zero attached hydrogens (tertiary/aromatic N) is 1. The average Bonchev–Trinajstić information content (AvgIpc) is 2.63. The minimum absolute atomic E-state index is 0. The van der Waals surface area contributed by atoms with Crippen LogP contribution in [-0.4, -0.2) is 17.6 Å². The zero-order valence-corrected chi connectivity index (χ0v) is 14.2. The molecule has 0 spiro atoms. The zero-order chi connectivity index (χ0) is 16.8. The molecule has 0 aliphatic carbocycles. The number of ether oxygens (including phenoxy) is 1. The number of nitro groups is 1. The van der Waals surface area contributed by atoms with E-state index in [4.69, 9.17) is 9.57 Å². The summed E-state index contributed by atoms with van der Waals surface area (Å²) in [5.74, 6) is 0. The Morgan fingerprint density at radius 1 is 1.08 bits per heavy atom. The lowest BCUT2D eigenvalue weighted by Gasteiger charge is -2.24. The molecule has 132 valence electrons. The van der Waals surface area contributed by atoms with E-state index in [0.29, 0.717) is 13.2 Å². The normalized spacial score (nSPS) is 19.2. The fourth-order valence-corrected chi connectivity index (χ4v) is 2.41. The highest BCUT2D eigenvalue weighted by Crippen LogP contribution is 2.23. The van der Waals surface area contributed by atoms with Gasteiger partial charge in [-0.15, -0.1) is 12.4 Å². The molecule has 2 atom stereocenters. The molecule has 0 bridgehead atoms. The van der Waals surface area contributed by atoms with Crippen LogP contribution < -0.4 is 5.48 Å². The van der Waals surface area contributed by atoms with Crippen LogP contribution in [0.15, 0.2) is 66.7 Å². The summed E-state index contributed by atoms with van der Waals surface area (Å²) >= 11 is 0. The second-order valence-electron chi connectivity index (χ2n) is 5.50. The number of rotatable bonds is 6. The van der Waals surface area contributed by atoms with Gasteiger partial charge in [0.2, 0.25) is 0 Å². The maximum absolute atomic E-state index is 10.7. The molecule has 0 saturated carbocycles. The Morgan fingerprint density at radius 3 is 2.40 bits per heavy atom. The Bertz CT molecular complexity index is 707. The number of hydrogen-bond donors (Lipinski definition) is 1. The van der Waals surface area contributed by atoms with Gasteiger partial charge in [-0.1, -0.05) is 42.5 Å². The maximum Gasteiger partial charge on any atom is 0.269 e. The van der Waals surface area contributed by atoms with Crippen LogP contribution in [0.2, 0.25) is 0 Å². The van der Waals surface area contributed by atoms with Gasteiger partial charge >= 0.3 is 0 Å². The molecule has 0 aromatic heterocycles. The van der Waals surface area contributed by atoms with Gasteiger partial charge in [-0.25, -0.2) is 0 Å². The summed E-state index contributed by atoms with van der Waals surface area (Å²) in [4.78, 5) is 15.8. The maximum atomic E-state index is 10.7. The van der Waals surface area contributed by atoms with Crippen molar-refractivity contribution in [2.24, 2.45) is 0 Å². The van der Waals surface area contributed by atoms with Gasteiger partial charge in [-0.3, -0.25) is 15.0 Å². The fourth-order valence-electron chi connectivity index (χ4n) is 2.41. The third-order valence-electron chi connectivity index (χ3n) is 3.71. The number of halogens is 1. The van der Waals surface area contributed by atoms with Gasteiger partial charge in [-0.05, 0) is 23.3 Å². The summed E-state index contributed by atoms with van der Waals surface area (Å²) in [7, 11) is 0. The van der Waals surface area contributed by atoms with E-state index in [0.717, 1.165) is 11.1 Å². The van der Waals surface area contributed by atoms with Crippen LogP contribution in [0, 0.1) is 10.1 Å². The molecular weight excluding hydrogens is 344 g/mol. The first-order chi connectivity index (χ1) is 11.7. The van der Waals surface area contributed by atoms with Crippen molar-refractivity contribution in [1.29, 1.82) is 0 Å². The molecule has 2 aromatic carbocycles. The van der Waals surface area contributed by atoms with E-state index >= 15 is 0 Å². The summed E-state index contributed by atoms with van der Waals surface area (Å²) in [6, 6.07) is 16.3. The molecule has 2 aromatic rings. The highest BCUT2D eigenvalue weighted by molar-refractivity contribution is 5.85. The number of nitrogens with one attached hydrogen (secondary N) is 1. The molecular formula is C18H19ClN2O4. The molecule has 25 heavy (non-hydrogen) atoms. The van der Waals surface area contributed by atoms with Gasteiger partial charge in [0.1, 0.15) is 6.10 Å². The van der Waals surface area contributed by atoms with Gasteiger partial charge in [0, 0.05) is 12.1 Å². The van der Waals surface area contributed by atoms with Gasteiger partial charge in [0.25, 0.3) is 5.69 Å². The van der Waals surface area contributed by atoms with Crippen LogP contribution >= 0.6 is 12.4 Å². The molecule has 0 radical (unpaired) electrons. The highest BCUT2D eigenvalue weighted by Gasteiger charge is 2.18. The molecule has 3 rings (SSSR count). The smallest absolute Gasteiger partial charge is 0.269 e. The Morgan fingerprint density at radius 2 is 1.80 bits per heavy atom. The van der Waals surface area contributed by atoms with Crippen molar-refractivity contribution >= 4 is 18.1 Å². The molecule has 0 fully saturated rings. The Hall–Kier alpha value is -2.25. The van der Waals surface area contributed by atoms with Gasteiger partial charge in [0.05, 0.1) is 24.2 Å². The van der Waals surface area contributed by atoms with Crippen molar-refractivity contribution in [3.8, 4) is 0 Å². The van der Waals surface area contributed by atoms with E-state index in [1.807, 2.05) is 42.5 Å². The van der Waals surface area contributed by atoms with Gasteiger partial charge < -0.3 is 4.74 Å². The average molecular weight is 363 g/mol. The molecule has 7 heteroatoms. The predicted molar refractivity (Wildman–Crippen MR) is 96.3 cm³/mol. The molecule has 1 aliphatic rings. The molecule has 0 unspecified atom stereocenters. The summed E-state index contributed by atoms with van der Waals surface area (Å²) in [6.07, 6.45) is 3.64. The summed E-state index contributed by atoms with van der Waals surface area (Å²) in [6.45, 7) is 1.05.